The second-order valence-electron chi connectivity index (χ2n) is 6.33. The first-order chi connectivity index (χ1) is 7.59. The third kappa shape index (κ3) is 4.74. The molecule has 1 aliphatic rings. The van der Waals surface area contributed by atoms with E-state index in [1.807, 2.05) is 34.6 Å². The molecule has 0 aliphatic carbocycles. The van der Waals surface area contributed by atoms with Crippen LogP contribution in [0.2, 0.25) is 0 Å². The number of carbonyl (C=O) groups is 1. The van der Waals surface area contributed by atoms with Crippen molar-refractivity contribution in [2.45, 2.75) is 57.9 Å². The van der Waals surface area contributed by atoms with Crippen molar-refractivity contribution in [3.05, 3.63) is 0 Å². The molecule has 1 atom stereocenters. The molecule has 0 aromatic rings. The van der Waals surface area contributed by atoms with Crippen LogP contribution in [0.1, 0.15) is 47.5 Å². The molecule has 1 aliphatic heterocycles. The minimum Gasteiger partial charge on any atom is -0.444 e. The molecule has 0 bridgehead atoms. The Morgan fingerprint density at radius 2 is 1.88 bits per heavy atom. The fraction of sp³-hybridized carbons (Fsp3) is 0.923. The largest absolute Gasteiger partial charge is 0.444 e. The van der Waals surface area contributed by atoms with E-state index in [2.05, 4.69) is 0 Å². The predicted molar refractivity (Wildman–Crippen MR) is 70.5 cm³/mol. The van der Waals surface area contributed by atoms with E-state index < -0.39 is 5.60 Å². The summed E-state index contributed by atoms with van der Waals surface area (Å²) in [6.45, 7) is 11.2. The number of piperidine rings is 1. The Labute approximate surface area is 109 Å². The highest BCUT2D eigenvalue weighted by molar-refractivity contribution is 6.23. The van der Waals surface area contributed by atoms with E-state index in [0.29, 0.717) is 12.5 Å². The third-order valence-corrected chi connectivity index (χ3v) is 3.35. The summed E-state index contributed by atoms with van der Waals surface area (Å²) < 4.78 is 5.38. The number of carbonyl (C=O) groups excluding carboxylic acids is 1. The molecule has 0 N–H and O–H groups in total. The zero-order valence-corrected chi connectivity index (χ0v) is 12.3. The summed E-state index contributed by atoms with van der Waals surface area (Å²) in [5, 5.41) is 0. The zero-order chi connectivity index (χ0) is 13.3. The Hall–Kier alpha value is -0.440. The lowest BCUT2D eigenvalue weighted by molar-refractivity contribution is 0.0149. The van der Waals surface area contributed by atoms with Crippen molar-refractivity contribution >= 4 is 17.7 Å². The first kappa shape index (κ1) is 14.6. The SMILES string of the molecule is CC(C)(C)OC(=O)N1CCCC(C(C)(C)Cl)C1. The van der Waals surface area contributed by atoms with Crippen LogP contribution in [0.15, 0.2) is 0 Å². The van der Waals surface area contributed by atoms with Crippen molar-refractivity contribution in [1.29, 1.82) is 0 Å². The lowest BCUT2D eigenvalue weighted by Crippen LogP contribution is -2.46. The standard InChI is InChI=1S/C13H24ClNO2/c1-12(2,3)17-11(16)15-8-6-7-10(9-15)13(4,5)14/h10H,6-9H2,1-5H3. The summed E-state index contributed by atoms with van der Waals surface area (Å²) in [6, 6.07) is 0. The van der Waals surface area contributed by atoms with Gasteiger partial charge in [-0.05, 0) is 53.4 Å². The molecular formula is C13H24ClNO2. The minimum atomic E-state index is -0.430. The molecule has 0 spiro atoms. The number of rotatable bonds is 1. The number of amides is 1. The highest BCUT2D eigenvalue weighted by Gasteiger charge is 2.34. The van der Waals surface area contributed by atoms with Crippen molar-refractivity contribution < 1.29 is 9.53 Å². The average molecular weight is 262 g/mol. The summed E-state index contributed by atoms with van der Waals surface area (Å²) in [5.74, 6) is 0.338. The number of hydrogen-bond acceptors (Lipinski definition) is 2. The van der Waals surface area contributed by atoms with E-state index in [1.165, 1.54) is 0 Å². The van der Waals surface area contributed by atoms with Gasteiger partial charge in [0.05, 0.1) is 0 Å². The normalized spacial score (nSPS) is 22.5. The number of likely N-dealkylation sites (tertiary alicyclic amines) is 1. The molecule has 1 heterocycles. The lowest BCUT2D eigenvalue weighted by atomic mass is 9.87. The minimum absolute atomic E-state index is 0.219. The summed E-state index contributed by atoms with van der Waals surface area (Å²) in [5.41, 5.74) is -0.430. The zero-order valence-electron chi connectivity index (χ0n) is 11.5. The molecule has 17 heavy (non-hydrogen) atoms. The number of halogens is 1. The van der Waals surface area contributed by atoms with Crippen molar-refractivity contribution in [3.63, 3.8) is 0 Å². The van der Waals surface area contributed by atoms with Gasteiger partial charge in [-0.15, -0.1) is 11.6 Å². The average Bonchev–Trinajstić information content (AvgIpc) is 2.14. The predicted octanol–water partition coefficient (Wildman–Crippen LogP) is 3.65. The lowest BCUT2D eigenvalue weighted by Gasteiger charge is -2.38. The summed E-state index contributed by atoms with van der Waals surface area (Å²) in [4.78, 5) is 13.5. The maximum absolute atomic E-state index is 11.9. The summed E-state index contributed by atoms with van der Waals surface area (Å²) in [6.07, 6.45) is 1.86. The van der Waals surface area contributed by atoms with E-state index in [1.54, 1.807) is 4.90 Å². The van der Waals surface area contributed by atoms with Gasteiger partial charge in [0, 0.05) is 18.0 Å². The topological polar surface area (TPSA) is 29.5 Å². The Balaban J connectivity index is 2.58. The second-order valence-corrected chi connectivity index (χ2v) is 7.30. The van der Waals surface area contributed by atoms with Gasteiger partial charge in [0.15, 0.2) is 0 Å². The number of ether oxygens (including phenoxy) is 1. The van der Waals surface area contributed by atoms with Gasteiger partial charge in [0.2, 0.25) is 0 Å². The molecule has 0 aromatic heterocycles. The van der Waals surface area contributed by atoms with Gasteiger partial charge in [0.25, 0.3) is 0 Å². The Bertz CT molecular complexity index is 278. The number of alkyl halides is 1. The highest BCUT2D eigenvalue weighted by Crippen LogP contribution is 2.32. The fourth-order valence-electron chi connectivity index (χ4n) is 2.03. The van der Waals surface area contributed by atoms with E-state index in [9.17, 15) is 4.79 Å². The highest BCUT2D eigenvalue weighted by atomic mass is 35.5. The fourth-order valence-corrected chi connectivity index (χ4v) is 2.21. The van der Waals surface area contributed by atoms with Crippen molar-refractivity contribution in [1.82, 2.24) is 4.90 Å². The van der Waals surface area contributed by atoms with Gasteiger partial charge in [-0.2, -0.15) is 0 Å². The van der Waals surface area contributed by atoms with Crippen LogP contribution in [-0.4, -0.2) is 34.6 Å². The first-order valence-electron chi connectivity index (χ1n) is 6.26. The molecule has 4 heteroatoms. The van der Waals surface area contributed by atoms with Gasteiger partial charge in [-0.25, -0.2) is 4.79 Å². The Morgan fingerprint density at radius 3 is 2.35 bits per heavy atom. The first-order valence-corrected chi connectivity index (χ1v) is 6.64. The summed E-state index contributed by atoms with van der Waals surface area (Å²) in [7, 11) is 0. The Kier molecular flexibility index (Phi) is 4.34. The Morgan fingerprint density at radius 1 is 1.29 bits per heavy atom. The van der Waals surface area contributed by atoms with Crippen molar-refractivity contribution in [2.75, 3.05) is 13.1 Å². The van der Waals surface area contributed by atoms with Crippen LogP contribution in [0.25, 0.3) is 0 Å². The molecule has 100 valence electrons. The maximum atomic E-state index is 11.9. The monoisotopic (exact) mass is 261 g/mol. The molecule has 1 saturated heterocycles. The molecule has 1 amide bonds. The van der Waals surface area contributed by atoms with Crippen LogP contribution in [0.3, 0.4) is 0 Å². The second kappa shape index (κ2) is 5.05. The summed E-state index contributed by atoms with van der Waals surface area (Å²) >= 11 is 6.34. The molecule has 1 fully saturated rings. The molecule has 0 saturated carbocycles. The molecule has 0 radical (unpaired) electrons. The van der Waals surface area contributed by atoms with Gasteiger partial charge >= 0.3 is 6.09 Å². The van der Waals surface area contributed by atoms with E-state index in [-0.39, 0.29) is 11.0 Å². The van der Waals surface area contributed by atoms with Gasteiger partial charge in [0.1, 0.15) is 5.60 Å². The van der Waals surface area contributed by atoms with E-state index >= 15 is 0 Å². The molecule has 1 rings (SSSR count). The van der Waals surface area contributed by atoms with Gasteiger partial charge < -0.3 is 9.64 Å². The number of hydrogen-bond donors (Lipinski definition) is 0. The van der Waals surface area contributed by atoms with Crippen LogP contribution >= 0.6 is 11.6 Å². The van der Waals surface area contributed by atoms with Crippen LogP contribution < -0.4 is 0 Å². The number of nitrogens with zero attached hydrogens (tertiary/aromatic N) is 1. The van der Waals surface area contributed by atoms with Crippen LogP contribution in [-0.2, 0) is 4.74 Å². The van der Waals surface area contributed by atoms with E-state index in [0.717, 1.165) is 19.4 Å². The quantitative estimate of drug-likeness (QED) is 0.675. The molecular weight excluding hydrogens is 238 g/mol. The van der Waals surface area contributed by atoms with Crippen LogP contribution in [0.4, 0.5) is 4.79 Å². The van der Waals surface area contributed by atoms with Gasteiger partial charge in [-0.3, -0.25) is 0 Å². The van der Waals surface area contributed by atoms with E-state index in [4.69, 9.17) is 16.3 Å². The van der Waals surface area contributed by atoms with Crippen LogP contribution in [0.5, 0.6) is 0 Å². The third-order valence-electron chi connectivity index (χ3n) is 3.04. The van der Waals surface area contributed by atoms with Crippen LogP contribution in [0, 0.1) is 5.92 Å². The molecule has 3 nitrogen and oxygen atoms in total. The van der Waals surface area contributed by atoms with Gasteiger partial charge in [-0.1, -0.05) is 0 Å². The van der Waals surface area contributed by atoms with Crippen molar-refractivity contribution in [2.24, 2.45) is 5.92 Å². The maximum Gasteiger partial charge on any atom is 0.410 e. The molecule has 1 unspecified atom stereocenters. The smallest absolute Gasteiger partial charge is 0.410 e. The van der Waals surface area contributed by atoms with Crippen molar-refractivity contribution in [3.8, 4) is 0 Å². The molecule has 0 aromatic carbocycles.